The Kier molecular flexibility index (Phi) is 6.28. The number of nitrogens with one attached hydrogen (secondary N) is 1. The Bertz CT molecular complexity index is 1100. The third-order valence-corrected chi connectivity index (χ3v) is 6.41. The van der Waals surface area contributed by atoms with Gasteiger partial charge in [-0.05, 0) is 29.0 Å². The number of anilines is 2. The lowest BCUT2D eigenvalue weighted by molar-refractivity contribution is 0.102. The third-order valence-electron chi connectivity index (χ3n) is 5.55. The van der Waals surface area contributed by atoms with Gasteiger partial charge >= 0.3 is 6.03 Å². The van der Waals surface area contributed by atoms with E-state index in [1.54, 1.807) is 10.3 Å². The number of rotatable bonds is 6. The van der Waals surface area contributed by atoms with Gasteiger partial charge in [-0.25, -0.2) is 9.78 Å². The lowest BCUT2D eigenvalue weighted by Gasteiger charge is -2.22. The Balaban J connectivity index is 1.41. The minimum atomic E-state index is -0.267. The number of carbonyl (C=O) groups excluding carboxylic acids is 2. The maximum atomic E-state index is 12.9. The Hall–Kier alpha value is -3.19. The summed E-state index contributed by atoms with van der Waals surface area (Å²) in [7, 11) is 0. The molecule has 3 aromatic rings. The first kappa shape index (κ1) is 22.0. The molecule has 32 heavy (non-hydrogen) atoms. The van der Waals surface area contributed by atoms with Crippen LogP contribution in [0.2, 0.25) is 0 Å². The summed E-state index contributed by atoms with van der Waals surface area (Å²) in [6.45, 7) is 8.24. The summed E-state index contributed by atoms with van der Waals surface area (Å²) in [5.74, 6) is -0.267. The number of nitrogens with zero attached hydrogens (tertiary/aromatic N) is 3. The number of benzene rings is 2. The lowest BCUT2D eigenvalue weighted by Crippen LogP contribution is -2.33. The van der Waals surface area contributed by atoms with Crippen LogP contribution in [-0.4, -0.2) is 41.5 Å². The Labute approximate surface area is 192 Å². The van der Waals surface area contributed by atoms with Crippen molar-refractivity contribution in [3.63, 3.8) is 0 Å². The zero-order valence-electron chi connectivity index (χ0n) is 18.7. The summed E-state index contributed by atoms with van der Waals surface area (Å²) in [5.41, 5.74) is 3.28. The van der Waals surface area contributed by atoms with E-state index in [0.717, 1.165) is 17.7 Å². The van der Waals surface area contributed by atoms with Crippen LogP contribution in [0.15, 0.2) is 60.0 Å². The lowest BCUT2D eigenvalue weighted by atomic mass is 9.86. The number of thiazole rings is 1. The number of carbonyl (C=O) groups is 2. The molecule has 1 aliphatic rings. The summed E-state index contributed by atoms with van der Waals surface area (Å²) < 4.78 is 0. The molecule has 1 aliphatic heterocycles. The Morgan fingerprint density at radius 2 is 1.78 bits per heavy atom. The van der Waals surface area contributed by atoms with Crippen molar-refractivity contribution in [2.45, 2.75) is 32.6 Å². The van der Waals surface area contributed by atoms with Gasteiger partial charge in [-0.15, -0.1) is 11.3 Å². The second kappa shape index (κ2) is 9.12. The second-order valence-corrected chi connectivity index (χ2v) is 9.76. The molecule has 0 spiro atoms. The summed E-state index contributed by atoms with van der Waals surface area (Å²) in [6, 6.07) is 17.9. The van der Waals surface area contributed by atoms with Crippen LogP contribution in [0.25, 0.3) is 0 Å². The highest BCUT2D eigenvalue weighted by Crippen LogP contribution is 2.30. The second-order valence-electron chi connectivity index (χ2n) is 8.92. The maximum absolute atomic E-state index is 12.9. The van der Waals surface area contributed by atoms with Gasteiger partial charge in [0.25, 0.3) is 5.91 Å². The smallest absolute Gasteiger partial charge is 0.322 e. The maximum Gasteiger partial charge on any atom is 0.326 e. The van der Waals surface area contributed by atoms with Gasteiger partial charge in [0, 0.05) is 30.7 Å². The monoisotopic (exact) mass is 448 g/mol. The predicted octanol–water partition coefficient (Wildman–Crippen LogP) is 5.18. The van der Waals surface area contributed by atoms with Crippen molar-refractivity contribution >= 4 is 34.1 Å². The molecule has 2 aromatic carbocycles. The largest absolute Gasteiger partial charge is 0.326 e. The number of hydrogen-bond donors (Lipinski definition) is 1. The van der Waals surface area contributed by atoms with Crippen LogP contribution in [0.4, 0.5) is 15.6 Å². The van der Waals surface area contributed by atoms with Gasteiger partial charge in [0.05, 0.1) is 0 Å². The van der Waals surface area contributed by atoms with E-state index < -0.39 is 0 Å². The number of urea groups is 1. The van der Waals surface area contributed by atoms with Crippen LogP contribution >= 0.6 is 11.3 Å². The highest BCUT2D eigenvalue weighted by Gasteiger charge is 2.31. The first-order valence-corrected chi connectivity index (χ1v) is 11.7. The summed E-state index contributed by atoms with van der Waals surface area (Å²) in [6.07, 6.45) is 0.819. The summed E-state index contributed by atoms with van der Waals surface area (Å²) in [4.78, 5) is 33.7. The van der Waals surface area contributed by atoms with Crippen molar-refractivity contribution in [1.82, 2.24) is 9.88 Å². The highest BCUT2D eigenvalue weighted by atomic mass is 32.1. The molecule has 4 rings (SSSR count). The minimum absolute atomic E-state index is 0.0553. The van der Waals surface area contributed by atoms with Gasteiger partial charge in [0.1, 0.15) is 5.69 Å². The van der Waals surface area contributed by atoms with Gasteiger partial charge in [-0.1, -0.05) is 69.3 Å². The van der Waals surface area contributed by atoms with Crippen molar-refractivity contribution in [3.8, 4) is 0 Å². The van der Waals surface area contributed by atoms with Gasteiger partial charge in [-0.2, -0.15) is 0 Å². The van der Waals surface area contributed by atoms with Crippen molar-refractivity contribution in [1.29, 1.82) is 0 Å². The molecule has 6 nitrogen and oxygen atoms in total. The molecule has 0 radical (unpaired) electrons. The Morgan fingerprint density at radius 1 is 1.06 bits per heavy atom. The molecule has 0 saturated carbocycles. The molecule has 0 bridgehead atoms. The molecule has 2 heterocycles. The fourth-order valence-electron chi connectivity index (χ4n) is 3.80. The normalized spacial score (nSPS) is 14.2. The number of para-hydroxylation sites is 1. The van der Waals surface area contributed by atoms with Crippen LogP contribution in [0.1, 0.15) is 42.4 Å². The zero-order chi connectivity index (χ0) is 22.7. The third kappa shape index (κ3) is 4.83. The van der Waals surface area contributed by atoms with Crippen molar-refractivity contribution in [3.05, 3.63) is 76.8 Å². The van der Waals surface area contributed by atoms with E-state index in [-0.39, 0.29) is 17.4 Å². The molecule has 0 unspecified atom stereocenters. The van der Waals surface area contributed by atoms with E-state index in [2.05, 4.69) is 43.2 Å². The highest BCUT2D eigenvalue weighted by molar-refractivity contribution is 7.14. The van der Waals surface area contributed by atoms with Crippen molar-refractivity contribution in [2.24, 2.45) is 0 Å². The number of amides is 3. The quantitative estimate of drug-likeness (QED) is 0.565. The van der Waals surface area contributed by atoms with Crippen molar-refractivity contribution < 1.29 is 9.59 Å². The van der Waals surface area contributed by atoms with Gasteiger partial charge in [0.2, 0.25) is 0 Å². The van der Waals surface area contributed by atoms with Crippen LogP contribution in [0, 0.1) is 0 Å². The van der Waals surface area contributed by atoms with E-state index in [4.69, 9.17) is 0 Å². The molecule has 0 atom stereocenters. The molecule has 1 aromatic heterocycles. The van der Waals surface area contributed by atoms with E-state index in [1.165, 1.54) is 16.9 Å². The standard InChI is InChI=1S/C25H28N4O2S/c1-25(2,3)19-11-7-8-12-20(19)26-22(30)21-17-32-23(27-21)29-16-15-28(24(29)31)14-13-18-9-5-4-6-10-18/h4-12,17H,13-16H2,1-3H3,(H,26,30). The SMILES string of the molecule is CC(C)(C)c1ccccc1NC(=O)c1csc(N2CCN(CCc3ccccc3)C2=O)n1. The van der Waals surface area contributed by atoms with Crippen molar-refractivity contribution in [2.75, 3.05) is 29.9 Å². The van der Waals surface area contributed by atoms with E-state index in [9.17, 15) is 9.59 Å². The molecule has 1 saturated heterocycles. The predicted molar refractivity (Wildman–Crippen MR) is 130 cm³/mol. The summed E-state index contributed by atoms with van der Waals surface area (Å²) >= 11 is 1.32. The molecule has 166 valence electrons. The molecule has 0 aliphatic carbocycles. The van der Waals surface area contributed by atoms with Crippen LogP contribution < -0.4 is 10.2 Å². The molecule has 1 fully saturated rings. The van der Waals surface area contributed by atoms with E-state index in [1.807, 2.05) is 47.4 Å². The summed E-state index contributed by atoms with van der Waals surface area (Å²) in [5, 5.41) is 5.26. The van der Waals surface area contributed by atoms with Gasteiger partial charge in [0.15, 0.2) is 5.13 Å². The van der Waals surface area contributed by atoms with Gasteiger partial charge in [-0.3, -0.25) is 9.69 Å². The number of hydrogen-bond acceptors (Lipinski definition) is 4. The Morgan fingerprint density at radius 3 is 2.53 bits per heavy atom. The fraction of sp³-hybridized carbons (Fsp3) is 0.320. The van der Waals surface area contributed by atoms with E-state index >= 15 is 0 Å². The van der Waals surface area contributed by atoms with Crippen LogP contribution in [0.5, 0.6) is 0 Å². The first-order chi connectivity index (χ1) is 15.3. The van der Waals surface area contributed by atoms with E-state index in [0.29, 0.717) is 30.5 Å². The molecule has 3 amide bonds. The zero-order valence-corrected chi connectivity index (χ0v) is 19.5. The van der Waals surface area contributed by atoms with Crippen LogP contribution in [0.3, 0.4) is 0 Å². The minimum Gasteiger partial charge on any atom is -0.322 e. The molecule has 7 heteroatoms. The number of aromatic nitrogens is 1. The molecular weight excluding hydrogens is 420 g/mol. The van der Waals surface area contributed by atoms with Gasteiger partial charge < -0.3 is 10.2 Å². The molecule has 1 N–H and O–H groups in total. The fourth-order valence-corrected chi connectivity index (χ4v) is 4.63. The van der Waals surface area contributed by atoms with Crippen LogP contribution in [-0.2, 0) is 11.8 Å². The first-order valence-electron chi connectivity index (χ1n) is 10.8. The average molecular weight is 449 g/mol. The topological polar surface area (TPSA) is 65.5 Å². The molecular formula is C25H28N4O2S. The average Bonchev–Trinajstić information content (AvgIpc) is 3.39.